The normalized spacial score (nSPS) is 14.0. The van der Waals surface area contributed by atoms with Crippen molar-refractivity contribution in [2.24, 2.45) is 7.05 Å². The first-order valence-electron chi connectivity index (χ1n) is 11.5. The highest BCUT2D eigenvalue weighted by atomic mass is 32.2. The van der Waals surface area contributed by atoms with Gasteiger partial charge in [0.1, 0.15) is 6.33 Å². The molecule has 0 unspecified atom stereocenters. The Kier molecular flexibility index (Phi) is 8.32. The topological polar surface area (TPSA) is 92.1 Å². The average molecular weight is 479 g/mol. The van der Waals surface area contributed by atoms with E-state index in [-0.39, 0.29) is 17.6 Å². The molecule has 0 bridgehead atoms. The summed E-state index contributed by atoms with van der Waals surface area (Å²) >= 11 is 1.31. The molecule has 2 amide bonds. The zero-order chi connectivity index (χ0) is 23.8. The number of likely N-dealkylation sites (tertiary alicyclic amines) is 1. The summed E-state index contributed by atoms with van der Waals surface area (Å²) in [6.45, 7) is 3.65. The number of nitrogens with zero attached hydrogens (tertiary/aromatic N) is 4. The summed E-state index contributed by atoms with van der Waals surface area (Å²) in [4.78, 5) is 27.6. The van der Waals surface area contributed by atoms with Crippen molar-refractivity contribution in [1.82, 2.24) is 25.0 Å². The fraction of sp³-hybridized carbons (Fsp3) is 0.360. The maximum Gasteiger partial charge on any atom is 0.251 e. The molecule has 34 heavy (non-hydrogen) atoms. The highest BCUT2D eigenvalue weighted by Crippen LogP contribution is 2.18. The second-order valence-electron chi connectivity index (χ2n) is 8.43. The Labute approximate surface area is 204 Å². The first-order valence-corrected chi connectivity index (χ1v) is 12.5. The number of thioether (sulfide) groups is 1. The van der Waals surface area contributed by atoms with Gasteiger partial charge in [-0.05, 0) is 55.3 Å². The van der Waals surface area contributed by atoms with E-state index >= 15 is 0 Å². The van der Waals surface area contributed by atoms with E-state index in [1.807, 2.05) is 13.1 Å². The fourth-order valence-electron chi connectivity index (χ4n) is 3.99. The zero-order valence-electron chi connectivity index (χ0n) is 19.4. The van der Waals surface area contributed by atoms with Crippen LogP contribution in [0.5, 0.6) is 0 Å². The summed E-state index contributed by atoms with van der Waals surface area (Å²) < 4.78 is 1.76. The first kappa shape index (κ1) is 24.0. The van der Waals surface area contributed by atoms with Crippen molar-refractivity contribution < 1.29 is 9.59 Å². The number of carbonyl (C=O) groups is 2. The van der Waals surface area contributed by atoms with Crippen molar-refractivity contribution in [3.63, 3.8) is 0 Å². The number of benzene rings is 2. The van der Waals surface area contributed by atoms with Gasteiger partial charge in [0.25, 0.3) is 5.91 Å². The number of carbonyl (C=O) groups excluding carboxylic acids is 2. The molecular weight excluding hydrogens is 448 g/mol. The summed E-state index contributed by atoms with van der Waals surface area (Å²) in [6.07, 6.45) is 5.41. The van der Waals surface area contributed by atoms with E-state index in [0.717, 1.165) is 25.2 Å². The standard InChI is InChI=1S/C25H30N6O2S/c1-30-18-27-29-25(30)34-17-23(32)28-22-11-7-10-19(14-22)24(33)26-15-20-8-3-4-9-21(20)16-31-12-5-2-6-13-31/h3-4,7-11,14,18H,2,5-6,12-13,15-17H2,1H3,(H,26,33)(H,28,32). The number of amides is 2. The number of aromatic nitrogens is 3. The molecule has 2 N–H and O–H groups in total. The molecule has 0 spiro atoms. The predicted molar refractivity (Wildman–Crippen MR) is 134 cm³/mol. The van der Waals surface area contributed by atoms with Gasteiger partial charge >= 0.3 is 0 Å². The summed E-state index contributed by atoms with van der Waals surface area (Å²) in [5.74, 6) is -0.133. The van der Waals surface area contributed by atoms with Crippen LogP contribution < -0.4 is 10.6 Å². The Hall–Kier alpha value is -3.17. The van der Waals surface area contributed by atoms with Crippen LogP contribution in [0.25, 0.3) is 0 Å². The Balaban J connectivity index is 1.31. The average Bonchev–Trinajstić information content (AvgIpc) is 3.27. The van der Waals surface area contributed by atoms with Crippen LogP contribution in [0, 0.1) is 0 Å². The molecule has 1 saturated heterocycles. The van der Waals surface area contributed by atoms with Gasteiger partial charge in [-0.25, -0.2) is 0 Å². The molecule has 4 rings (SSSR count). The first-order chi connectivity index (χ1) is 16.6. The molecule has 3 aromatic rings. The molecule has 9 heteroatoms. The number of aryl methyl sites for hydroxylation is 1. The number of nitrogens with one attached hydrogen (secondary N) is 2. The van der Waals surface area contributed by atoms with Crippen LogP contribution in [0.4, 0.5) is 5.69 Å². The molecule has 178 valence electrons. The van der Waals surface area contributed by atoms with Gasteiger partial charge in [-0.2, -0.15) is 0 Å². The van der Waals surface area contributed by atoms with Crippen LogP contribution >= 0.6 is 11.8 Å². The highest BCUT2D eigenvalue weighted by Gasteiger charge is 2.14. The highest BCUT2D eigenvalue weighted by molar-refractivity contribution is 7.99. The maximum absolute atomic E-state index is 12.8. The third-order valence-corrected chi connectivity index (χ3v) is 6.85. The van der Waals surface area contributed by atoms with E-state index < -0.39 is 0 Å². The Bertz CT molecular complexity index is 1130. The van der Waals surface area contributed by atoms with Gasteiger partial charge in [0.05, 0.1) is 5.75 Å². The van der Waals surface area contributed by atoms with Crippen molar-refractivity contribution >= 4 is 29.3 Å². The summed E-state index contributed by atoms with van der Waals surface area (Å²) in [5, 5.41) is 14.3. The predicted octanol–water partition coefficient (Wildman–Crippen LogP) is 3.46. The van der Waals surface area contributed by atoms with Gasteiger partial charge < -0.3 is 15.2 Å². The van der Waals surface area contributed by atoms with Crippen molar-refractivity contribution in [1.29, 1.82) is 0 Å². The second-order valence-corrected chi connectivity index (χ2v) is 9.37. The largest absolute Gasteiger partial charge is 0.348 e. The van der Waals surface area contributed by atoms with Gasteiger partial charge in [0, 0.05) is 31.4 Å². The number of hydrogen-bond donors (Lipinski definition) is 2. The lowest BCUT2D eigenvalue weighted by Crippen LogP contribution is -2.30. The van der Waals surface area contributed by atoms with Gasteiger partial charge in [-0.3, -0.25) is 14.5 Å². The summed E-state index contributed by atoms with van der Waals surface area (Å²) in [6, 6.07) is 15.3. The van der Waals surface area contributed by atoms with Crippen LogP contribution in [-0.2, 0) is 24.9 Å². The zero-order valence-corrected chi connectivity index (χ0v) is 20.2. The van der Waals surface area contributed by atoms with E-state index in [4.69, 9.17) is 0 Å². The van der Waals surface area contributed by atoms with Gasteiger partial charge in [-0.15, -0.1) is 10.2 Å². The Morgan fingerprint density at radius 2 is 1.82 bits per heavy atom. The van der Waals surface area contributed by atoms with Crippen molar-refractivity contribution in [3.05, 3.63) is 71.5 Å². The smallest absolute Gasteiger partial charge is 0.251 e. The molecular formula is C25H30N6O2S. The number of piperidine rings is 1. The van der Waals surface area contributed by atoms with E-state index in [0.29, 0.717) is 23.0 Å². The third kappa shape index (κ3) is 6.68. The molecule has 2 aromatic carbocycles. The minimum Gasteiger partial charge on any atom is -0.348 e. The molecule has 1 aliphatic heterocycles. The SMILES string of the molecule is Cn1cnnc1SCC(=O)Nc1cccc(C(=O)NCc2ccccc2CN2CCCCC2)c1. The molecule has 0 radical (unpaired) electrons. The molecule has 1 fully saturated rings. The van der Waals surface area contributed by atoms with E-state index in [9.17, 15) is 9.59 Å². The fourth-order valence-corrected chi connectivity index (χ4v) is 4.68. The van der Waals surface area contributed by atoms with Crippen molar-refractivity contribution in [2.45, 2.75) is 37.5 Å². The van der Waals surface area contributed by atoms with Crippen molar-refractivity contribution in [2.75, 3.05) is 24.2 Å². The van der Waals surface area contributed by atoms with Gasteiger partial charge in [0.15, 0.2) is 5.16 Å². The lowest BCUT2D eigenvalue weighted by Gasteiger charge is -2.27. The molecule has 8 nitrogen and oxygen atoms in total. The number of rotatable bonds is 9. The molecule has 0 aliphatic carbocycles. The van der Waals surface area contributed by atoms with E-state index in [1.165, 1.54) is 36.6 Å². The van der Waals surface area contributed by atoms with E-state index in [1.54, 1.807) is 35.2 Å². The lowest BCUT2D eigenvalue weighted by atomic mass is 10.0. The molecule has 0 saturated carbocycles. The number of hydrogen-bond acceptors (Lipinski definition) is 6. The quantitative estimate of drug-likeness (QED) is 0.458. The Morgan fingerprint density at radius 1 is 1.03 bits per heavy atom. The second kappa shape index (κ2) is 11.8. The molecule has 1 aliphatic rings. The lowest BCUT2D eigenvalue weighted by molar-refractivity contribution is -0.113. The van der Waals surface area contributed by atoms with E-state index in [2.05, 4.69) is 43.9 Å². The minimum absolute atomic E-state index is 0.169. The van der Waals surface area contributed by atoms with Crippen LogP contribution in [0.1, 0.15) is 40.7 Å². The minimum atomic E-state index is -0.169. The summed E-state index contributed by atoms with van der Waals surface area (Å²) in [5.41, 5.74) is 3.48. The van der Waals surface area contributed by atoms with Crippen LogP contribution in [0.2, 0.25) is 0 Å². The summed E-state index contributed by atoms with van der Waals surface area (Å²) in [7, 11) is 1.83. The Morgan fingerprint density at radius 3 is 2.59 bits per heavy atom. The van der Waals surface area contributed by atoms with Crippen molar-refractivity contribution in [3.8, 4) is 0 Å². The number of anilines is 1. The molecule has 2 heterocycles. The van der Waals surface area contributed by atoms with Crippen LogP contribution in [-0.4, -0.2) is 50.3 Å². The maximum atomic E-state index is 12.8. The van der Waals surface area contributed by atoms with Gasteiger partial charge in [0.2, 0.25) is 5.91 Å². The molecule has 0 atom stereocenters. The van der Waals surface area contributed by atoms with Crippen LogP contribution in [0.3, 0.4) is 0 Å². The van der Waals surface area contributed by atoms with Crippen LogP contribution in [0.15, 0.2) is 60.0 Å². The monoisotopic (exact) mass is 478 g/mol. The van der Waals surface area contributed by atoms with Gasteiger partial charge in [-0.1, -0.05) is 48.5 Å². The molecule has 1 aromatic heterocycles. The third-order valence-electron chi connectivity index (χ3n) is 5.81.